The lowest BCUT2D eigenvalue weighted by molar-refractivity contribution is 0.0951. The number of methoxy groups -OCH3 is 1. The van der Waals surface area contributed by atoms with Crippen LogP contribution in [0.4, 0.5) is 0 Å². The van der Waals surface area contributed by atoms with Gasteiger partial charge in [-0.3, -0.25) is 4.79 Å². The van der Waals surface area contributed by atoms with Crippen LogP contribution in [0.1, 0.15) is 34.8 Å². The second-order valence-electron chi connectivity index (χ2n) is 5.48. The number of nitrogens with one attached hydrogen (secondary N) is 1. The molecule has 0 heterocycles. The third-order valence-electron chi connectivity index (χ3n) is 3.58. The van der Waals surface area contributed by atoms with Crippen LogP contribution in [0.25, 0.3) is 0 Å². The van der Waals surface area contributed by atoms with Gasteiger partial charge in [0.05, 0.1) is 13.7 Å². The Morgan fingerprint density at radius 2 is 1.96 bits per heavy atom. The zero-order valence-electron chi connectivity index (χ0n) is 14.2. The smallest absolute Gasteiger partial charge is 0.251 e. The van der Waals surface area contributed by atoms with Crippen molar-refractivity contribution in [3.05, 3.63) is 57.6 Å². The van der Waals surface area contributed by atoms with Crippen LogP contribution in [0.15, 0.2) is 40.9 Å². The van der Waals surface area contributed by atoms with Crippen LogP contribution in [0.3, 0.4) is 0 Å². The third kappa shape index (κ3) is 4.74. The van der Waals surface area contributed by atoms with Crippen molar-refractivity contribution >= 4 is 21.8 Å². The van der Waals surface area contributed by atoms with Crippen LogP contribution < -0.4 is 14.8 Å². The molecule has 0 saturated carbocycles. The molecule has 0 atom stereocenters. The maximum absolute atomic E-state index is 12.3. The summed E-state index contributed by atoms with van der Waals surface area (Å²) in [4.78, 5) is 12.3. The molecule has 0 aliphatic rings. The molecule has 0 unspecified atom stereocenters. The third-order valence-corrected chi connectivity index (χ3v) is 4.43. The number of ether oxygens (including phenoxy) is 2. The molecule has 4 nitrogen and oxygen atoms in total. The van der Waals surface area contributed by atoms with E-state index in [0.717, 1.165) is 27.8 Å². The van der Waals surface area contributed by atoms with Crippen LogP contribution in [0.5, 0.6) is 11.5 Å². The predicted octanol–water partition coefficient (Wildman–Crippen LogP) is 4.48. The minimum absolute atomic E-state index is 0.110. The van der Waals surface area contributed by atoms with Gasteiger partial charge in [0.25, 0.3) is 5.91 Å². The Morgan fingerprint density at radius 1 is 1.17 bits per heavy atom. The SMILES string of the molecule is CCCOc1ccc(CNC(=O)c2ccc(C)c(Br)c2)cc1OC. The molecule has 0 aromatic heterocycles. The lowest BCUT2D eigenvalue weighted by Gasteiger charge is -2.12. The Morgan fingerprint density at radius 3 is 2.62 bits per heavy atom. The first kappa shape index (κ1) is 18.3. The van der Waals surface area contributed by atoms with Gasteiger partial charge < -0.3 is 14.8 Å². The van der Waals surface area contributed by atoms with Crippen molar-refractivity contribution in [2.24, 2.45) is 0 Å². The van der Waals surface area contributed by atoms with Crippen molar-refractivity contribution in [2.75, 3.05) is 13.7 Å². The second kappa shape index (κ2) is 8.73. The first-order valence-electron chi connectivity index (χ1n) is 7.89. The normalized spacial score (nSPS) is 10.3. The van der Waals surface area contributed by atoms with E-state index < -0.39 is 0 Å². The van der Waals surface area contributed by atoms with Gasteiger partial charge in [0.15, 0.2) is 11.5 Å². The fraction of sp³-hybridized carbons (Fsp3) is 0.316. The number of hydrogen-bond acceptors (Lipinski definition) is 3. The number of carbonyl (C=O) groups excluding carboxylic acids is 1. The maximum Gasteiger partial charge on any atom is 0.251 e. The van der Waals surface area contributed by atoms with E-state index in [9.17, 15) is 4.79 Å². The molecular weight excluding hydrogens is 370 g/mol. The fourth-order valence-corrected chi connectivity index (χ4v) is 2.55. The Bertz CT molecular complexity index is 716. The average molecular weight is 392 g/mol. The van der Waals surface area contributed by atoms with Gasteiger partial charge in [-0.05, 0) is 48.7 Å². The number of aryl methyl sites for hydroxylation is 1. The van der Waals surface area contributed by atoms with Crippen molar-refractivity contribution in [1.82, 2.24) is 5.32 Å². The van der Waals surface area contributed by atoms with Gasteiger partial charge >= 0.3 is 0 Å². The lowest BCUT2D eigenvalue weighted by atomic mass is 10.1. The van der Waals surface area contributed by atoms with Crippen LogP contribution >= 0.6 is 15.9 Å². The summed E-state index contributed by atoms with van der Waals surface area (Å²) in [5, 5.41) is 2.92. The minimum Gasteiger partial charge on any atom is -0.493 e. The summed E-state index contributed by atoms with van der Waals surface area (Å²) in [5.74, 6) is 1.28. The summed E-state index contributed by atoms with van der Waals surface area (Å²) in [5.41, 5.74) is 2.68. The number of rotatable bonds is 7. The van der Waals surface area contributed by atoms with Gasteiger partial charge in [0.1, 0.15) is 0 Å². The zero-order valence-corrected chi connectivity index (χ0v) is 15.8. The minimum atomic E-state index is -0.110. The molecule has 2 rings (SSSR count). The number of carbonyl (C=O) groups is 1. The molecule has 0 bridgehead atoms. The molecule has 2 aromatic rings. The van der Waals surface area contributed by atoms with Gasteiger partial charge in [0.2, 0.25) is 0 Å². The van der Waals surface area contributed by atoms with Gasteiger partial charge in [-0.25, -0.2) is 0 Å². The van der Waals surface area contributed by atoms with Crippen LogP contribution in [-0.2, 0) is 6.54 Å². The van der Waals surface area contributed by atoms with E-state index in [2.05, 4.69) is 28.2 Å². The Kier molecular flexibility index (Phi) is 6.67. The van der Waals surface area contributed by atoms with Crippen molar-refractivity contribution in [1.29, 1.82) is 0 Å². The first-order valence-corrected chi connectivity index (χ1v) is 8.68. The molecule has 24 heavy (non-hydrogen) atoms. The van der Waals surface area contributed by atoms with Crippen molar-refractivity contribution in [3.63, 3.8) is 0 Å². The summed E-state index contributed by atoms with van der Waals surface area (Å²) in [6.45, 7) is 5.11. The zero-order chi connectivity index (χ0) is 17.5. The van der Waals surface area contributed by atoms with Crippen molar-refractivity contribution in [2.45, 2.75) is 26.8 Å². The molecule has 0 aliphatic carbocycles. The second-order valence-corrected chi connectivity index (χ2v) is 6.33. The van der Waals surface area contributed by atoms with Gasteiger partial charge in [-0.15, -0.1) is 0 Å². The highest BCUT2D eigenvalue weighted by atomic mass is 79.9. The quantitative estimate of drug-likeness (QED) is 0.756. The number of amides is 1. The van der Waals surface area contributed by atoms with E-state index in [-0.39, 0.29) is 5.91 Å². The Hall–Kier alpha value is -2.01. The molecule has 0 fully saturated rings. The number of halogens is 1. The number of benzene rings is 2. The van der Waals surface area contributed by atoms with Crippen molar-refractivity contribution < 1.29 is 14.3 Å². The fourth-order valence-electron chi connectivity index (χ4n) is 2.17. The van der Waals surface area contributed by atoms with Crippen LogP contribution in [-0.4, -0.2) is 19.6 Å². The van der Waals surface area contributed by atoms with Crippen LogP contribution in [0.2, 0.25) is 0 Å². The van der Waals surface area contributed by atoms with E-state index in [1.54, 1.807) is 7.11 Å². The summed E-state index contributed by atoms with van der Waals surface area (Å²) < 4.78 is 11.9. The van der Waals surface area contributed by atoms with E-state index in [1.807, 2.05) is 43.3 Å². The molecule has 1 amide bonds. The van der Waals surface area contributed by atoms with Gasteiger partial charge in [-0.2, -0.15) is 0 Å². The highest BCUT2D eigenvalue weighted by Crippen LogP contribution is 2.28. The van der Waals surface area contributed by atoms with Gasteiger partial charge in [-0.1, -0.05) is 35.0 Å². The first-order chi connectivity index (χ1) is 11.5. The van der Waals surface area contributed by atoms with E-state index in [0.29, 0.717) is 24.5 Å². The number of hydrogen-bond donors (Lipinski definition) is 1. The average Bonchev–Trinajstić information content (AvgIpc) is 2.60. The predicted molar refractivity (Wildman–Crippen MR) is 98.8 cm³/mol. The molecule has 0 radical (unpaired) electrons. The summed E-state index contributed by atoms with van der Waals surface area (Å²) in [7, 11) is 1.61. The monoisotopic (exact) mass is 391 g/mol. The van der Waals surface area contributed by atoms with E-state index in [4.69, 9.17) is 9.47 Å². The summed E-state index contributed by atoms with van der Waals surface area (Å²) in [6, 6.07) is 11.3. The highest BCUT2D eigenvalue weighted by molar-refractivity contribution is 9.10. The molecule has 2 aromatic carbocycles. The topological polar surface area (TPSA) is 47.6 Å². The summed E-state index contributed by atoms with van der Waals surface area (Å²) >= 11 is 3.45. The maximum atomic E-state index is 12.3. The molecule has 0 aliphatic heterocycles. The molecule has 1 N–H and O–H groups in total. The molecule has 0 saturated heterocycles. The lowest BCUT2D eigenvalue weighted by Crippen LogP contribution is -2.22. The molecule has 128 valence electrons. The molecular formula is C19H22BrNO3. The molecule has 5 heteroatoms. The van der Waals surface area contributed by atoms with Crippen molar-refractivity contribution in [3.8, 4) is 11.5 Å². The highest BCUT2D eigenvalue weighted by Gasteiger charge is 2.09. The van der Waals surface area contributed by atoms with Gasteiger partial charge in [0, 0.05) is 16.6 Å². The van der Waals surface area contributed by atoms with Crippen LogP contribution in [0, 0.1) is 6.92 Å². The summed E-state index contributed by atoms with van der Waals surface area (Å²) in [6.07, 6.45) is 0.938. The Labute approximate surface area is 151 Å². The Balaban J connectivity index is 2.02. The van der Waals surface area contributed by atoms with E-state index in [1.165, 1.54) is 0 Å². The molecule has 0 spiro atoms. The standard InChI is InChI=1S/C19H22BrNO3/c1-4-9-24-17-8-6-14(10-18(17)23-3)12-21-19(22)15-7-5-13(2)16(20)11-15/h5-8,10-11H,4,9,12H2,1-3H3,(H,21,22). The van der Waals surface area contributed by atoms with E-state index >= 15 is 0 Å². The largest absolute Gasteiger partial charge is 0.493 e.